The molecule has 1 radical (unpaired) electrons. The molecule has 1 aromatic carbocycles. The molecule has 0 saturated heterocycles. The number of ether oxygens (including phenoxy) is 2. The average molecular weight is 342 g/mol. The van der Waals surface area contributed by atoms with Gasteiger partial charge in [-0.3, -0.25) is 0 Å². The average Bonchev–Trinajstić information content (AvgIpc) is 2.05. The van der Waals surface area contributed by atoms with Crippen LogP contribution < -0.4 is 9.47 Å². The van der Waals surface area contributed by atoms with Crippen molar-refractivity contribution in [3.63, 3.8) is 0 Å². The zero-order chi connectivity index (χ0) is 7.40. The molecule has 0 bridgehead atoms. The van der Waals surface area contributed by atoms with Gasteiger partial charge in [-0.25, -0.2) is 0 Å². The van der Waals surface area contributed by atoms with Crippen LogP contribution in [0.25, 0.3) is 0 Å². The predicted octanol–water partition coefficient (Wildman–Crippen LogP) is 2.28. The summed E-state index contributed by atoms with van der Waals surface area (Å²) < 4.78 is 9.29. The van der Waals surface area contributed by atoms with E-state index in [9.17, 15) is 0 Å². The summed E-state index contributed by atoms with van der Waals surface area (Å²) in [6, 6.07) is 8.01. The van der Waals surface area contributed by atoms with Gasteiger partial charge in [-0.05, 0) is 11.5 Å². The summed E-state index contributed by atoms with van der Waals surface area (Å²) in [5.74, 6) is 1.09. The fourth-order valence-electron chi connectivity index (χ4n) is 0.596. The molecule has 2 nitrogen and oxygen atoms in total. The van der Waals surface area contributed by atoms with Gasteiger partial charge in [-0.1, -0.05) is 0 Å². The Labute approximate surface area is 87.2 Å². The molecule has 0 aliphatic rings. The molecule has 0 aliphatic carbocycles. The first-order valence-corrected chi connectivity index (χ1v) is 2.73. The molecule has 3 heteroatoms. The Kier molecular flexibility index (Phi) is 8.34. The minimum atomic E-state index is 0. The van der Waals surface area contributed by atoms with E-state index in [-0.39, 0.29) is 27.5 Å². The molecule has 1 aromatic rings. The first kappa shape index (κ1) is 14.0. The Bertz CT molecular complexity index is 194. The summed E-state index contributed by atoms with van der Waals surface area (Å²) in [5.41, 5.74) is 0. The predicted molar refractivity (Wildman–Crippen MR) is 43.7 cm³/mol. The van der Waals surface area contributed by atoms with Crippen molar-refractivity contribution < 1.29 is 29.6 Å². The molecule has 0 N–H and O–H groups in total. The summed E-state index contributed by atoms with van der Waals surface area (Å²) in [4.78, 5) is 0. The van der Waals surface area contributed by atoms with Crippen LogP contribution in [0.15, 0.2) is 18.2 Å². The summed E-state index contributed by atoms with van der Waals surface area (Å²) >= 11 is 0. The summed E-state index contributed by atoms with van der Waals surface area (Å²) in [5, 5.41) is 0. The van der Waals surface area contributed by atoms with Gasteiger partial charge in [0.25, 0.3) is 0 Å². The van der Waals surface area contributed by atoms with Crippen LogP contribution in [0.2, 0.25) is 0 Å². The molecule has 0 amide bonds. The quantitative estimate of drug-likeness (QED) is 0.768. The summed E-state index contributed by atoms with van der Waals surface area (Å²) in [7, 11) is 6.45. The largest absolute Gasteiger partial charge is 0.683 e. The van der Waals surface area contributed by atoms with Crippen molar-refractivity contribution in [2.75, 3.05) is 0 Å². The second-order valence-corrected chi connectivity index (χ2v) is 1.67. The van der Waals surface area contributed by atoms with Gasteiger partial charge in [0.15, 0.2) is 0 Å². The van der Waals surface area contributed by atoms with Crippen LogP contribution in [0.4, 0.5) is 0 Å². The normalized spacial score (nSPS) is 7.50. The van der Waals surface area contributed by atoms with Crippen LogP contribution >= 0.6 is 0 Å². The Hall–Kier alpha value is -0.531. The van der Waals surface area contributed by atoms with Gasteiger partial charge in [0.1, 0.15) is 0 Å². The Morgan fingerprint density at radius 3 is 1.83 bits per heavy atom. The molecular formula is C9H10IrO2-4. The maximum atomic E-state index is 4.64. The van der Waals surface area contributed by atoms with E-state index in [1.807, 2.05) is 0 Å². The first-order chi connectivity index (χ1) is 4.86. The number of rotatable bonds is 2. The van der Waals surface area contributed by atoms with Gasteiger partial charge in [0.2, 0.25) is 0 Å². The summed E-state index contributed by atoms with van der Waals surface area (Å²) in [6.07, 6.45) is 0. The molecule has 12 heavy (non-hydrogen) atoms. The number of hydrogen-bond acceptors (Lipinski definition) is 2. The standard InChI is InChI=1S/C8H7O2.CH3.Ir/c1-9-7-4-3-5-8(6-7)10-2;;/h3-5H,1-2H2;1H3;/q-3;-1;. The minimum absolute atomic E-state index is 0. The molecule has 0 aliphatic heterocycles. The Balaban J connectivity index is 0. The van der Waals surface area contributed by atoms with Crippen molar-refractivity contribution in [3.05, 3.63) is 45.9 Å². The van der Waals surface area contributed by atoms with Gasteiger partial charge in [-0.15, -0.1) is 18.2 Å². The van der Waals surface area contributed by atoms with Crippen molar-refractivity contribution in [2.24, 2.45) is 0 Å². The van der Waals surface area contributed by atoms with Gasteiger partial charge >= 0.3 is 0 Å². The number of hydrogen-bond donors (Lipinski definition) is 0. The van der Waals surface area contributed by atoms with E-state index < -0.39 is 0 Å². The van der Waals surface area contributed by atoms with E-state index in [0.717, 1.165) is 0 Å². The van der Waals surface area contributed by atoms with E-state index in [1.165, 1.54) is 0 Å². The van der Waals surface area contributed by atoms with E-state index in [1.54, 1.807) is 18.2 Å². The molecular weight excluding hydrogens is 332 g/mol. The maximum Gasteiger partial charge on any atom is 0 e. The monoisotopic (exact) mass is 343 g/mol. The molecule has 0 spiro atoms. The fraction of sp³-hybridized carbons (Fsp3) is 0. The van der Waals surface area contributed by atoms with Crippen LogP contribution in [0, 0.1) is 27.7 Å². The third-order valence-corrected chi connectivity index (χ3v) is 1.05. The zero-order valence-corrected chi connectivity index (χ0v) is 9.19. The van der Waals surface area contributed by atoms with Crippen molar-refractivity contribution in [1.29, 1.82) is 0 Å². The van der Waals surface area contributed by atoms with Gasteiger partial charge in [0, 0.05) is 20.1 Å². The molecule has 0 saturated carbocycles. The van der Waals surface area contributed by atoms with E-state index in [2.05, 4.69) is 29.8 Å². The second kappa shape index (κ2) is 7.14. The van der Waals surface area contributed by atoms with Crippen molar-refractivity contribution in [1.82, 2.24) is 0 Å². The molecule has 71 valence electrons. The van der Waals surface area contributed by atoms with Crippen molar-refractivity contribution >= 4 is 0 Å². The van der Waals surface area contributed by atoms with E-state index >= 15 is 0 Å². The molecule has 0 fully saturated rings. The molecule has 0 heterocycles. The third-order valence-electron chi connectivity index (χ3n) is 1.05. The molecule has 0 aromatic heterocycles. The maximum absolute atomic E-state index is 4.64. The second-order valence-electron chi connectivity index (χ2n) is 1.67. The van der Waals surface area contributed by atoms with Gasteiger partial charge in [-0.2, -0.15) is 20.3 Å². The molecule has 1 rings (SSSR count). The van der Waals surface area contributed by atoms with Crippen LogP contribution in [-0.2, 0) is 20.1 Å². The minimum Gasteiger partial charge on any atom is -0.683 e. The van der Waals surface area contributed by atoms with Crippen LogP contribution in [0.1, 0.15) is 0 Å². The van der Waals surface area contributed by atoms with Crippen molar-refractivity contribution in [2.45, 2.75) is 0 Å². The molecule has 0 atom stereocenters. The van der Waals surface area contributed by atoms with Crippen molar-refractivity contribution in [3.8, 4) is 11.5 Å². The van der Waals surface area contributed by atoms with Crippen LogP contribution in [0.5, 0.6) is 11.5 Å². The first-order valence-electron chi connectivity index (χ1n) is 2.73. The van der Waals surface area contributed by atoms with E-state index in [4.69, 9.17) is 0 Å². The SMILES string of the molecule is [CH2-]Oc1[c-]c(O[CH2-])ccc1.[CH3-].[Ir]. The molecule has 0 unspecified atom stereocenters. The van der Waals surface area contributed by atoms with E-state index in [0.29, 0.717) is 11.5 Å². The Morgan fingerprint density at radius 1 is 1.08 bits per heavy atom. The number of benzene rings is 1. The zero-order valence-electron chi connectivity index (χ0n) is 6.80. The van der Waals surface area contributed by atoms with Crippen LogP contribution in [-0.4, -0.2) is 0 Å². The Morgan fingerprint density at radius 2 is 1.50 bits per heavy atom. The third kappa shape index (κ3) is 3.74. The summed E-state index contributed by atoms with van der Waals surface area (Å²) in [6.45, 7) is 0. The van der Waals surface area contributed by atoms with Gasteiger partial charge < -0.3 is 16.9 Å². The van der Waals surface area contributed by atoms with Crippen LogP contribution in [0.3, 0.4) is 0 Å². The van der Waals surface area contributed by atoms with Gasteiger partial charge in [0.05, 0.1) is 0 Å². The smallest absolute Gasteiger partial charge is 0 e. The fourth-order valence-corrected chi connectivity index (χ4v) is 0.596. The topological polar surface area (TPSA) is 18.5 Å².